The molecule has 2 aliphatic heterocycles. The fraction of sp³-hybridized carbons (Fsp3) is 0.211. The van der Waals surface area contributed by atoms with E-state index in [1.165, 1.54) is 29.5 Å². The third-order valence-corrected chi connectivity index (χ3v) is 5.59. The minimum atomic E-state index is -0.712. The number of hydrogen-bond donors (Lipinski definition) is 2. The predicted molar refractivity (Wildman–Crippen MR) is 102 cm³/mol. The molecule has 2 aromatic carbocycles. The van der Waals surface area contributed by atoms with Crippen molar-refractivity contribution in [3.8, 4) is 11.5 Å². The quantitative estimate of drug-likeness (QED) is 0.690. The third-order valence-electron chi connectivity index (χ3n) is 4.65. The lowest BCUT2D eigenvalue weighted by Gasteiger charge is -2.24. The van der Waals surface area contributed by atoms with Crippen molar-refractivity contribution in [1.29, 1.82) is 0 Å². The Balaban J connectivity index is 1.43. The Morgan fingerprint density at radius 1 is 1.21 bits per heavy atom. The molecule has 0 radical (unpaired) electrons. The van der Waals surface area contributed by atoms with Crippen LogP contribution in [0.25, 0.3) is 10.2 Å². The Morgan fingerprint density at radius 2 is 2.00 bits per heavy atom. The van der Waals surface area contributed by atoms with E-state index in [2.05, 4.69) is 15.6 Å². The molecule has 0 bridgehead atoms. The number of amides is 2. The number of halogens is 1. The molecule has 2 N–H and O–H groups in total. The van der Waals surface area contributed by atoms with Crippen molar-refractivity contribution in [2.45, 2.75) is 12.3 Å². The first-order chi connectivity index (χ1) is 13.6. The van der Waals surface area contributed by atoms with Gasteiger partial charge in [-0.05, 0) is 17.7 Å². The number of ether oxygens (including phenoxy) is 2. The molecule has 0 fully saturated rings. The number of nitrogens with one attached hydrogen (secondary N) is 2. The van der Waals surface area contributed by atoms with E-state index in [0.29, 0.717) is 46.6 Å². The second kappa shape index (κ2) is 6.45. The fourth-order valence-corrected chi connectivity index (χ4v) is 4.26. The maximum absolute atomic E-state index is 13.5. The maximum Gasteiger partial charge on any atom is 0.234 e. The molecule has 0 unspecified atom stereocenters. The van der Waals surface area contributed by atoms with E-state index in [1.54, 1.807) is 6.07 Å². The van der Waals surface area contributed by atoms with Gasteiger partial charge in [0.15, 0.2) is 16.6 Å². The summed E-state index contributed by atoms with van der Waals surface area (Å²) in [7, 11) is 0. The molecule has 1 aromatic heterocycles. The van der Waals surface area contributed by atoms with Crippen molar-refractivity contribution in [3.05, 3.63) is 41.7 Å². The number of fused-ring (bicyclic) bond motifs is 3. The molecular weight excluding hydrogens is 385 g/mol. The van der Waals surface area contributed by atoms with Gasteiger partial charge in [0.05, 0.1) is 16.1 Å². The van der Waals surface area contributed by atoms with Gasteiger partial charge in [-0.15, -0.1) is 0 Å². The van der Waals surface area contributed by atoms with Gasteiger partial charge in [0.2, 0.25) is 11.8 Å². The summed E-state index contributed by atoms with van der Waals surface area (Å²) in [5, 5.41) is 5.80. The summed E-state index contributed by atoms with van der Waals surface area (Å²) >= 11 is 1.31. The zero-order valence-electron chi connectivity index (χ0n) is 14.5. The topological polar surface area (TPSA) is 89.6 Å². The zero-order chi connectivity index (χ0) is 19.3. The van der Waals surface area contributed by atoms with Crippen molar-refractivity contribution in [2.24, 2.45) is 0 Å². The highest BCUT2D eigenvalue weighted by Gasteiger charge is 2.31. The van der Waals surface area contributed by atoms with Crippen molar-refractivity contribution in [3.63, 3.8) is 0 Å². The summed E-state index contributed by atoms with van der Waals surface area (Å²) in [6.07, 6.45) is -0.00859. The molecule has 5 rings (SSSR count). The largest absolute Gasteiger partial charge is 0.486 e. The van der Waals surface area contributed by atoms with Crippen LogP contribution in [0.5, 0.6) is 11.5 Å². The molecule has 3 heterocycles. The highest BCUT2D eigenvalue weighted by molar-refractivity contribution is 7.22. The summed E-state index contributed by atoms with van der Waals surface area (Å²) in [5.74, 6) is -0.596. The van der Waals surface area contributed by atoms with E-state index in [4.69, 9.17) is 9.47 Å². The van der Waals surface area contributed by atoms with Gasteiger partial charge in [-0.25, -0.2) is 9.37 Å². The van der Waals surface area contributed by atoms with E-state index < -0.39 is 11.7 Å². The Hall–Kier alpha value is -3.20. The second-order valence-corrected chi connectivity index (χ2v) is 7.54. The molecule has 0 saturated heterocycles. The lowest BCUT2D eigenvalue weighted by molar-refractivity contribution is -0.123. The second-order valence-electron chi connectivity index (χ2n) is 6.51. The van der Waals surface area contributed by atoms with E-state index in [1.807, 2.05) is 6.07 Å². The summed E-state index contributed by atoms with van der Waals surface area (Å²) in [5.41, 5.74) is 1.59. The highest BCUT2D eigenvalue weighted by Crippen LogP contribution is 2.39. The first-order valence-corrected chi connectivity index (χ1v) is 9.49. The van der Waals surface area contributed by atoms with Gasteiger partial charge < -0.3 is 20.1 Å². The molecule has 9 heteroatoms. The van der Waals surface area contributed by atoms with Crippen LogP contribution in [0.4, 0.5) is 15.2 Å². The number of carbonyl (C=O) groups excluding carboxylic acids is 2. The highest BCUT2D eigenvalue weighted by atomic mass is 32.1. The monoisotopic (exact) mass is 399 g/mol. The van der Waals surface area contributed by atoms with E-state index in [-0.39, 0.29) is 18.2 Å². The molecule has 2 aliphatic rings. The Morgan fingerprint density at radius 3 is 2.82 bits per heavy atom. The number of carbonyl (C=O) groups is 2. The molecule has 3 aromatic rings. The van der Waals surface area contributed by atoms with Crippen molar-refractivity contribution in [1.82, 2.24) is 4.98 Å². The third kappa shape index (κ3) is 2.93. The predicted octanol–water partition coefficient (Wildman–Crippen LogP) is 3.27. The van der Waals surface area contributed by atoms with Crippen LogP contribution in [0, 0.1) is 5.82 Å². The van der Waals surface area contributed by atoms with Crippen molar-refractivity contribution in [2.75, 3.05) is 23.8 Å². The van der Waals surface area contributed by atoms with Gasteiger partial charge in [0, 0.05) is 24.2 Å². The molecule has 0 spiro atoms. The van der Waals surface area contributed by atoms with Gasteiger partial charge in [0.1, 0.15) is 19.0 Å². The van der Waals surface area contributed by atoms with Gasteiger partial charge in [0.25, 0.3) is 0 Å². The number of hydrogen-bond acceptors (Lipinski definition) is 6. The van der Waals surface area contributed by atoms with Gasteiger partial charge in [-0.2, -0.15) is 0 Å². The zero-order valence-corrected chi connectivity index (χ0v) is 15.3. The number of benzene rings is 2. The number of thiazole rings is 1. The molecule has 0 aliphatic carbocycles. The number of anilines is 2. The Bertz CT molecular complexity index is 1090. The standard InChI is InChI=1S/C19H14FN3O4S/c20-9-1-2-10-11(6-17(24)21-12(10)5-9)18(25)23-19-22-13-7-14-15(8-16(13)28-19)27-4-3-26-14/h1-2,5,7-8,11H,3-4,6H2,(H,21,24)(H,22,23,25)/t11-/m0/s1. The first kappa shape index (κ1) is 16.9. The van der Waals surface area contributed by atoms with Crippen LogP contribution in [0.15, 0.2) is 30.3 Å². The molecule has 142 valence electrons. The lowest BCUT2D eigenvalue weighted by Crippen LogP contribution is -2.30. The van der Waals surface area contributed by atoms with E-state index >= 15 is 0 Å². The molecule has 7 nitrogen and oxygen atoms in total. The summed E-state index contributed by atoms with van der Waals surface area (Å²) in [6, 6.07) is 7.63. The minimum Gasteiger partial charge on any atom is -0.486 e. The van der Waals surface area contributed by atoms with E-state index in [0.717, 1.165) is 4.70 Å². The van der Waals surface area contributed by atoms with Crippen LogP contribution in [0.3, 0.4) is 0 Å². The summed E-state index contributed by atoms with van der Waals surface area (Å²) < 4.78 is 25.4. The maximum atomic E-state index is 13.5. The van der Waals surface area contributed by atoms with E-state index in [9.17, 15) is 14.0 Å². The first-order valence-electron chi connectivity index (χ1n) is 8.67. The average Bonchev–Trinajstić information content (AvgIpc) is 3.05. The summed E-state index contributed by atoms with van der Waals surface area (Å²) in [4.78, 5) is 29.2. The van der Waals surface area contributed by atoms with Crippen LogP contribution in [-0.4, -0.2) is 30.0 Å². The van der Waals surface area contributed by atoms with Crippen LogP contribution < -0.4 is 20.1 Å². The van der Waals surface area contributed by atoms with Crippen LogP contribution in [0.2, 0.25) is 0 Å². The Kier molecular flexibility index (Phi) is 3.90. The van der Waals surface area contributed by atoms with Crippen molar-refractivity contribution < 1.29 is 23.5 Å². The molecule has 0 saturated carbocycles. The number of nitrogens with zero attached hydrogens (tertiary/aromatic N) is 1. The fourth-order valence-electron chi connectivity index (χ4n) is 3.38. The normalized spacial score (nSPS) is 17.8. The average molecular weight is 399 g/mol. The molecule has 2 amide bonds. The molecule has 1 atom stereocenters. The number of aromatic nitrogens is 1. The van der Waals surface area contributed by atoms with Crippen LogP contribution >= 0.6 is 11.3 Å². The van der Waals surface area contributed by atoms with Crippen LogP contribution in [0.1, 0.15) is 17.9 Å². The van der Waals surface area contributed by atoms with Crippen molar-refractivity contribution >= 4 is 44.2 Å². The summed E-state index contributed by atoms with van der Waals surface area (Å²) in [6.45, 7) is 0.973. The molecular formula is C19H14FN3O4S. The lowest BCUT2D eigenvalue weighted by atomic mass is 9.90. The van der Waals surface area contributed by atoms with Gasteiger partial charge >= 0.3 is 0 Å². The minimum absolute atomic E-state index is 0.00859. The van der Waals surface area contributed by atoms with Gasteiger partial charge in [-0.3, -0.25) is 9.59 Å². The SMILES string of the molecule is O=C1C[C@H](C(=O)Nc2nc3cc4c(cc3s2)OCCO4)c2ccc(F)cc2N1. The Labute approximate surface area is 162 Å². The smallest absolute Gasteiger partial charge is 0.234 e. The van der Waals surface area contributed by atoms with Crippen LogP contribution in [-0.2, 0) is 9.59 Å². The van der Waals surface area contributed by atoms with Gasteiger partial charge in [-0.1, -0.05) is 17.4 Å². The number of rotatable bonds is 2. The molecule has 28 heavy (non-hydrogen) atoms.